The number of carbonyl (C=O) groups is 2. The molecular weight excluding hydrogens is 277 g/mol. The fourth-order valence-electron chi connectivity index (χ4n) is 2.54. The quantitative estimate of drug-likeness (QED) is 0.334. The zero-order valence-corrected chi connectivity index (χ0v) is 12.9. The van der Waals surface area contributed by atoms with Crippen molar-refractivity contribution in [2.75, 3.05) is 19.9 Å². The first-order valence-corrected chi connectivity index (χ1v) is 7.76. The van der Waals surface area contributed by atoms with Gasteiger partial charge in [-0.3, -0.25) is 9.69 Å². The lowest BCUT2D eigenvalue weighted by atomic mass is 10.1. The molecule has 0 aromatic rings. The minimum atomic E-state index is -0.689. The van der Waals surface area contributed by atoms with Crippen LogP contribution in [-0.4, -0.2) is 43.5 Å². The lowest BCUT2D eigenvalue weighted by Crippen LogP contribution is -2.34. The second-order valence-corrected chi connectivity index (χ2v) is 5.45. The normalized spacial score (nSPS) is 23.5. The standard InChI is InChI=1S/C15H26FNO4/c1-3-5-9-21-15(19)17(10-20-11-18)8-6-7-13-12(4-2)14(13)16/h11-14H,3-10H2,1-2H3. The molecule has 1 saturated carbocycles. The summed E-state index contributed by atoms with van der Waals surface area (Å²) in [5, 5.41) is 0. The number of alkyl halides is 1. The summed E-state index contributed by atoms with van der Waals surface area (Å²) in [6.45, 7) is 4.96. The van der Waals surface area contributed by atoms with Crippen LogP contribution < -0.4 is 0 Å². The minimum absolute atomic E-state index is 0.116. The molecule has 122 valence electrons. The van der Waals surface area contributed by atoms with Gasteiger partial charge >= 0.3 is 6.09 Å². The molecule has 0 aromatic carbocycles. The molecule has 1 rings (SSSR count). The molecule has 21 heavy (non-hydrogen) atoms. The first kappa shape index (κ1) is 17.7. The van der Waals surface area contributed by atoms with Crippen molar-refractivity contribution in [3.05, 3.63) is 0 Å². The monoisotopic (exact) mass is 303 g/mol. The van der Waals surface area contributed by atoms with Crippen LogP contribution in [0, 0.1) is 11.8 Å². The lowest BCUT2D eigenvalue weighted by molar-refractivity contribution is -0.132. The Morgan fingerprint density at radius 3 is 2.62 bits per heavy atom. The van der Waals surface area contributed by atoms with Gasteiger partial charge in [-0.15, -0.1) is 0 Å². The molecule has 0 heterocycles. The van der Waals surface area contributed by atoms with Crippen LogP contribution >= 0.6 is 0 Å². The third kappa shape index (κ3) is 5.89. The highest BCUT2D eigenvalue weighted by Gasteiger charge is 2.48. The van der Waals surface area contributed by atoms with Crippen molar-refractivity contribution in [2.24, 2.45) is 11.8 Å². The zero-order valence-electron chi connectivity index (χ0n) is 12.9. The molecular formula is C15H26FNO4. The van der Waals surface area contributed by atoms with Crippen LogP contribution in [0.4, 0.5) is 9.18 Å². The number of hydrogen-bond acceptors (Lipinski definition) is 4. The summed E-state index contributed by atoms with van der Waals surface area (Å²) in [4.78, 5) is 23.4. The Balaban J connectivity index is 2.28. The Morgan fingerprint density at radius 2 is 2.05 bits per heavy atom. The highest BCUT2D eigenvalue weighted by molar-refractivity contribution is 5.67. The molecule has 0 aliphatic heterocycles. The van der Waals surface area contributed by atoms with E-state index in [4.69, 9.17) is 4.74 Å². The first-order chi connectivity index (χ1) is 10.2. The number of halogens is 1. The van der Waals surface area contributed by atoms with E-state index >= 15 is 0 Å². The van der Waals surface area contributed by atoms with E-state index in [0.29, 0.717) is 26.0 Å². The second kappa shape index (κ2) is 9.58. The van der Waals surface area contributed by atoms with Crippen LogP contribution in [0.3, 0.4) is 0 Å². The van der Waals surface area contributed by atoms with Crippen LogP contribution in [0.25, 0.3) is 0 Å². The highest BCUT2D eigenvalue weighted by atomic mass is 19.1. The van der Waals surface area contributed by atoms with Crippen molar-refractivity contribution in [1.82, 2.24) is 4.90 Å². The van der Waals surface area contributed by atoms with Crippen molar-refractivity contribution >= 4 is 12.6 Å². The fraction of sp³-hybridized carbons (Fsp3) is 0.867. The van der Waals surface area contributed by atoms with Crippen LogP contribution in [0.2, 0.25) is 0 Å². The Hall–Kier alpha value is -1.33. The molecule has 0 saturated heterocycles. The van der Waals surface area contributed by atoms with E-state index in [2.05, 4.69) is 4.74 Å². The average Bonchev–Trinajstić information content (AvgIpc) is 3.11. The van der Waals surface area contributed by atoms with Crippen molar-refractivity contribution < 1.29 is 23.5 Å². The van der Waals surface area contributed by atoms with Crippen LogP contribution in [0.5, 0.6) is 0 Å². The molecule has 3 atom stereocenters. The predicted octanol–water partition coefficient (Wildman–Crippen LogP) is 3.13. The summed E-state index contributed by atoms with van der Waals surface area (Å²) in [5.74, 6) is 0.307. The van der Waals surface area contributed by atoms with Crippen LogP contribution in [-0.2, 0) is 14.3 Å². The lowest BCUT2D eigenvalue weighted by Gasteiger charge is -2.20. The third-order valence-corrected chi connectivity index (χ3v) is 3.94. The van der Waals surface area contributed by atoms with Gasteiger partial charge < -0.3 is 9.47 Å². The van der Waals surface area contributed by atoms with Crippen molar-refractivity contribution in [2.45, 2.75) is 52.1 Å². The van der Waals surface area contributed by atoms with Gasteiger partial charge in [0.2, 0.25) is 0 Å². The Bertz CT molecular complexity index is 327. The maximum Gasteiger partial charge on any atom is 0.412 e. The number of ether oxygens (including phenoxy) is 2. The summed E-state index contributed by atoms with van der Waals surface area (Å²) < 4.78 is 23.1. The molecule has 1 aliphatic rings. The van der Waals surface area contributed by atoms with Gasteiger partial charge in [-0.1, -0.05) is 26.7 Å². The number of amides is 1. The highest BCUT2D eigenvalue weighted by Crippen LogP contribution is 2.47. The number of nitrogens with zero attached hydrogens (tertiary/aromatic N) is 1. The van der Waals surface area contributed by atoms with Gasteiger partial charge in [0.25, 0.3) is 6.47 Å². The van der Waals surface area contributed by atoms with E-state index in [-0.39, 0.29) is 18.6 Å². The van der Waals surface area contributed by atoms with Crippen LogP contribution in [0.1, 0.15) is 46.0 Å². The van der Waals surface area contributed by atoms with E-state index in [1.165, 1.54) is 4.90 Å². The van der Waals surface area contributed by atoms with Gasteiger partial charge in [-0.2, -0.15) is 0 Å². The molecule has 0 spiro atoms. The smallest absolute Gasteiger partial charge is 0.412 e. The molecule has 5 nitrogen and oxygen atoms in total. The molecule has 6 heteroatoms. The van der Waals surface area contributed by atoms with E-state index in [0.717, 1.165) is 25.7 Å². The summed E-state index contributed by atoms with van der Waals surface area (Å²) in [6, 6.07) is 0. The fourth-order valence-corrected chi connectivity index (χ4v) is 2.54. The molecule has 1 fully saturated rings. The number of carbonyl (C=O) groups excluding carboxylic acids is 2. The molecule has 1 amide bonds. The molecule has 3 unspecified atom stereocenters. The van der Waals surface area contributed by atoms with E-state index in [1.54, 1.807) is 0 Å². The van der Waals surface area contributed by atoms with Crippen LogP contribution in [0.15, 0.2) is 0 Å². The third-order valence-electron chi connectivity index (χ3n) is 3.94. The average molecular weight is 303 g/mol. The first-order valence-electron chi connectivity index (χ1n) is 7.76. The molecule has 0 bridgehead atoms. The number of unbranched alkanes of at least 4 members (excludes halogenated alkanes) is 1. The Labute approximate surface area is 125 Å². The topological polar surface area (TPSA) is 55.8 Å². The molecule has 0 radical (unpaired) electrons. The van der Waals surface area contributed by atoms with Crippen molar-refractivity contribution in [3.8, 4) is 0 Å². The summed E-state index contributed by atoms with van der Waals surface area (Å²) in [7, 11) is 0. The summed E-state index contributed by atoms with van der Waals surface area (Å²) in [5.41, 5.74) is 0. The van der Waals surface area contributed by atoms with Crippen molar-refractivity contribution in [3.63, 3.8) is 0 Å². The van der Waals surface area contributed by atoms with Gasteiger partial charge in [-0.25, -0.2) is 9.18 Å². The molecule has 0 N–H and O–H groups in total. The molecule has 0 aromatic heterocycles. The largest absolute Gasteiger partial charge is 0.449 e. The van der Waals surface area contributed by atoms with Gasteiger partial charge in [0, 0.05) is 6.54 Å². The Morgan fingerprint density at radius 1 is 1.29 bits per heavy atom. The maximum atomic E-state index is 13.4. The van der Waals surface area contributed by atoms with E-state index < -0.39 is 12.3 Å². The van der Waals surface area contributed by atoms with E-state index in [9.17, 15) is 14.0 Å². The Kier molecular flexibility index (Phi) is 8.08. The zero-order chi connectivity index (χ0) is 15.7. The number of rotatable bonds is 11. The summed E-state index contributed by atoms with van der Waals surface area (Å²) in [6.07, 6.45) is 2.87. The van der Waals surface area contributed by atoms with Gasteiger partial charge in [0.15, 0.2) is 6.73 Å². The van der Waals surface area contributed by atoms with Gasteiger partial charge in [-0.05, 0) is 31.1 Å². The predicted molar refractivity (Wildman–Crippen MR) is 76.4 cm³/mol. The maximum absolute atomic E-state index is 13.4. The minimum Gasteiger partial charge on any atom is -0.449 e. The second-order valence-electron chi connectivity index (χ2n) is 5.45. The van der Waals surface area contributed by atoms with Crippen molar-refractivity contribution in [1.29, 1.82) is 0 Å². The van der Waals surface area contributed by atoms with E-state index in [1.807, 2.05) is 13.8 Å². The SMILES string of the molecule is CCCCOC(=O)N(CCCC1C(F)C1CC)COC=O. The van der Waals surface area contributed by atoms with Gasteiger partial charge in [0.1, 0.15) is 6.17 Å². The van der Waals surface area contributed by atoms with Gasteiger partial charge in [0.05, 0.1) is 6.61 Å². The molecule has 1 aliphatic carbocycles. The number of hydrogen-bond donors (Lipinski definition) is 0. The summed E-state index contributed by atoms with van der Waals surface area (Å²) >= 11 is 0.